The summed E-state index contributed by atoms with van der Waals surface area (Å²) >= 11 is 0. The Hall–Kier alpha value is -2.33. The summed E-state index contributed by atoms with van der Waals surface area (Å²) < 4.78 is 0. The van der Waals surface area contributed by atoms with E-state index in [4.69, 9.17) is 5.53 Å². The Labute approximate surface area is 148 Å². The third-order valence-corrected chi connectivity index (χ3v) is 4.91. The second-order valence-corrected chi connectivity index (χ2v) is 6.64. The summed E-state index contributed by atoms with van der Waals surface area (Å²) in [5.74, 6) is 0. The van der Waals surface area contributed by atoms with Crippen molar-refractivity contribution >= 4 is 0 Å². The summed E-state index contributed by atoms with van der Waals surface area (Å²) in [6.07, 6.45) is 2.01. The molecule has 1 aliphatic carbocycles. The van der Waals surface area contributed by atoms with Crippen molar-refractivity contribution in [1.82, 2.24) is 4.90 Å². The molecular formula is C20H24N4O. The van der Waals surface area contributed by atoms with Crippen LogP contribution in [0.5, 0.6) is 0 Å². The lowest BCUT2D eigenvalue weighted by Gasteiger charge is -2.40. The Bertz CT molecular complexity index is 659. The van der Waals surface area contributed by atoms with Crippen molar-refractivity contribution < 1.29 is 5.11 Å². The molecular weight excluding hydrogens is 312 g/mol. The molecule has 0 spiro atoms. The van der Waals surface area contributed by atoms with Crippen LogP contribution in [0.2, 0.25) is 0 Å². The van der Waals surface area contributed by atoms with E-state index in [9.17, 15) is 5.11 Å². The lowest BCUT2D eigenvalue weighted by molar-refractivity contribution is -0.000669. The highest BCUT2D eigenvalue weighted by atomic mass is 16.3. The number of rotatable bonds is 6. The summed E-state index contributed by atoms with van der Waals surface area (Å²) in [7, 11) is 0. The van der Waals surface area contributed by atoms with Gasteiger partial charge in [0.05, 0.1) is 12.1 Å². The second kappa shape index (κ2) is 8.67. The van der Waals surface area contributed by atoms with Crippen molar-refractivity contribution in [3.05, 3.63) is 82.2 Å². The third-order valence-electron chi connectivity index (χ3n) is 4.91. The van der Waals surface area contributed by atoms with E-state index in [1.807, 2.05) is 36.4 Å². The molecule has 0 radical (unpaired) electrons. The zero-order valence-corrected chi connectivity index (χ0v) is 14.3. The highest BCUT2D eigenvalue weighted by molar-refractivity contribution is 5.17. The molecule has 5 nitrogen and oxygen atoms in total. The van der Waals surface area contributed by atoms with Gasteiger partial charge in [-0.15, -0.1) is 0 Å². The molecule has 2 aromatic carbocycles. The normalized spacial score (nSPS) is 23.2. The van der Waals surface area contributed by atoms with Crippen molar-refractivity contribution in [2.75, 3.05) is 0 Å². The first kappa shape index (κ1) is 17.5. The predicted molar refractivity (Wildman–Crippen MR) is 98.7 cm³/mol. The second-order valence-electron chi connectivity index (χ2n) is 6.64. The molecule has 1 N–H and O–H groups in total. The number of hydrogen-bond acceptors (Lipinski definition) is 3. The standard InChI is InChI=1S/C20H24N4O/c21-23-22-18-12-7-13-19(20(18)25)24(14-16-8-3-1-4-9-16)15-17-10-5-2-6-11-17/h1-6,8-11,18-20,25H,7,12-15H2. The topological polar surface area (TPSA) is 72.2 Å². The van der Waals surface area contributed by atoms with Gasteiger partial charge in [0.1, 0.15) is 0 Å². The van der Waals surface area contributed by atoms with Crippen LogP contribution in [-0.2, 0) is 13.1 Å². The minimum Gasteiger partial charge on any atom is -0.391 e. The van der Waals surface area contributed by atoms with Crippen molar-refractivity contribution in [2.24, 2.45) is 5.11 Å². The Morgan fingerprint density at radius 1 is 0.960 bits per heavy atom. The fourth-order valence-electron chi connectivity index (χ4n) is 3.65. The lowest BCUT2D eigenvalue weighted by Crippen LogP contribution is -2.50. The van der Waals surface area contributed by atoms with Crippen LogP contribution in [0, 0.1) is 0 Å². The van der Waals surface area contributed by atoms with E-state index in [0.717, 1.165) is 32.4 Å². The molecule has 130 valence electrons. The van der Waals surface area contributed by atoms with Gasteiger partial charge in [0, 0.05) is 24.0 Å². The minimum atomic E-state index is -0.628. The molecule has 3 rings (SSSR count). The van der Waals surface area contributed by atoms with E-state index < -0.39 is 6.10 Å². The lowest BCUT2D eigenvalue weighted by atomic mass is 9.87. The van der Waals surface area contributed by atoms with Gasteiger partial charge in [-0.2, -0.15) is 0 Å². The maximum absolute atomic E-state index is 10.8. The van der Waals surface area contributed by atoms with Gasteiger partial charge >= 0.3 is 0 Å². The number of benzene rings is 2. The van der Waals surface area contributed by atoms with Gasteiger partial charge in [-0.1, -0.05) is 72.2 Å². The van der Waals surface area contributed by atoms with Crippen molar-refractivity contribution in [3.63, 3.8) is 0 Å². The van der Waals surface area contributed by atoms with Crippen LogP contribution in [0.4, 0.5) is 0 Å². The molecule has 1 aliphatic rings. The molecule has 0 aliphatic heterocycles. The summed E-state index contributed by atoms with van der Waals surface area (Å²) in [5.41, 5.74) is 11.2. The fourth-order valence-corrected chi connectivity index (χ4v) is 3.65. The first-order valence-corrected chi connectivity index (χ1v) is 8.82. The maximum Gasteiger partial charge on any atom is 0.0780 e. The number of hydrogen-bond donors (Lipinski definition) is 1. The quantitative estimate of drug-likeness (QED) is 0.486. The average Bonchev–Trinajstić information content (AvgIpc) is 2.65. The van der Waals surface area contributed by atoms with Crippen molar-refractivity contribution in [3.8, 4) is 0 Å². The van der Waals surface area contributed by atoms with Crippen molar-refractivity contribution in [2.45, 2.75) is 50.5 Å². The third kappa shape index (κ3) is 4.60. The summed E-state index contributed by atoms with van der Waals surface area (Å²) in [6.45, 7) is 1.53. The van der Waals surface area contributed by atoms with E-state index in [1.165, 1.54) is 11.1 Å². The van der Waals surface area contributed by atoms with Gasteiger partial charge in [-0.3, -0.25) is 4.90 Å². The van der Waals surface area contributed by atoms with E-state index >= 15 is 0 Å². The largest absolute Gasteiger partial charge is 0.391 e. The fraction of sp³-hybridized carbons (Fsp3) is 0.400. The zero-order valence-electron chi connectivity index (χ0n) is 14.3. The van der Waals surface area contributed by atoms with Crippen LogP contribution in [0.25, 0.3) is 10.4 Å². The van der Waals surface area contributed by atoms with Gasteiger partial charge in [-0.05, 0) is 29.5 Å². The Balaban J connectivity index is 1.83. The number of nitrogens with zero attached hydrogens (tertiary/aromatic N) is 4. The van der Waals surface area contributed by atoms with Crippen LogP contribution in [0.3, 0.4) is 0 Å². The van der Waals surface area contributed by atoms with E-state index in [0.29, 0.717) is 0 Å². The molecule has 5 heteroatoms. The number of azide groups is 1. The molecule has 25 heavy (non-hydrogen) atoms. The molecule has 2 aromatic rings. The zero-order chi connectivity index (χ0) is 17.5. The predicted octanol–water partition coefficient (Wildman–Crippen LogP) is 4.28. The van der Waals surface area contributed by atoms with Gasteiger partial charge in [-0.25, -0.2) is 0 Å². The summed E-state index contributed by atoms with van der Waals surface area (Å²) in [5, 5.41) is 14.6. The highest BCUT2D eigenvalue weighted by Gasteiger charge is 2.35. The van der Waals surface area contributed by atoms with Gasteiger partial charge in [0.25, 0.3) is 0 Å². The molecule has 1 saturated carbocycles. The molecule has 0 saturated heterocycles. The van der Waals surface area contributed by atoms with E-state index in [1.54, 1.807) is 0 Å². The number of aliphatic hydroxyl groups is 1. The van der Waals surface area contributed by atoms with Crippen LogP contribution >= 0.6 is 0 Å². The van der Waals surface area contributed by atoms with Crippen LogP contribution in [0.15, 0.2) is 65.8 Å². The Kier molecular flexibility index (Phi) is 6.07. The molecule has 1 fully saturated rings. The van der Waals surface area contributed by atoms with Crippen LogP contribution in [-0.4, -0.2) is 28.2 Å². The van der Waals surface area contributed by atoms with Gasteiger partial charge in [0.2, 0.25) is 0 Å². The number of aliphatic hydroxyl groups excluding tert-OH is 1. The first-order valence-electron chi connectivity index (χ1n) is 8.82. The monoisotopic (exact) mass is 336 g/mol. The van der Waals surface area contributed by atoms with Gasteiger partial charge < -0.3 is 5.11 Å². The van der Waals surface area contributed by atoms with Crippen LogP contribution in [0.1, 0.15) is 30.4 Å². The molecule has 3 atom stereocenters. The Morgan fingerprint density at radius 2 is 1.52 bits per heavy atom. The molecule has 0 heterocycles. The van der Waals surface area contributed by atoms with Crippen molar-refractivity contribution in [1.29, 1.82) is 0 Å². The smallest absolute Gasteiger partial charge is 0.0780 e. The Morgan fingerprint density at radius 3 is 2.04 bits per heavy atom. The average molecular weight is 336 g/mol. The first-order chi connectivity index (χ1) is 12.3. The van der Waals surface area contributed by atoms with Gasteiger partial charge in [0.15, 0.2) is 0 Å². The highest BCUT2D eigenvalue weighted by Crippen LogP contribution is 2.28. The molecule has 0 amide bonds. The summed E-state index contributed by atoms with van der Waals surface area (Å²) in [6, 6.07) is 20.3. The van der Waals surface area contributed by atoms with E-state index in [-0.39, 0.29) is 12.1 Å². The SMILES string of the molecule is [N-]=[N+]=NC1CCCC(N(Cc2ccccc2)Cc2ccccc2)C1O. The molecule has 0 bridgehead atoms. The van der Waals surface area contributed by atoms with E-state index in [2.05, 4.69) is 39.2 Å². The maximum atomic E-state index is 10.8. The minimum absolute atomic E-state index is 0.00957. The molecule has 3 unspecified atom stereocenters. The summed E-state index contributed by atoms with van der Waals surface area (Å²) in [4.78, 5) is 5.23. The molecule has 0 aromatic heterocycles. The van der Waals surface area contributed by atoms with Crippen LogP contribution < -0.4 is 0 Å².